The van der Waals surface area contributed by atoms with Gasteiger partial charge in [-0.1, -0.05) is 23.7 Å². The molecule has 0 spiro atoms. The van der Waals surface area contributed by atoms with E-state index in [-0.39, 0.29) is 24.1 Å². The molecular weight excluding hydrogens is 314 g/mol. The molecule has 1 heterocycles. The Kier molecular flexibility index (Phi) is 6.84. The van der Waals surface area contributed by atoms with Crippen molar-refractivity contribution in [3.8, 4) is 0 Å². The number of carbonyl (C=O) groups excluding carboxylic acids is 1. The average molecular weight is 340 g/mol. The van der Waals surface area contributed by atoms with E-state index in [1.54, 1.807) is 0 Å². The van der Waals surface area contributed by atoms with Crippen LogP contribution in [0.15, 0.2) is 24.3 Å². The van der Waals surface area contributed by atoms with Crippen LogP contribution in [0.2, 0.25) is 5.02 Å². The Balaban J connectivity index is 1.76. The average Bonchev–Trinajstić information content (AvgIpc) is 2.53. The summed E-state index contributed by atoms with van der Waals surface area (Å²) in [6, 6.07) is 7.20. The van der Waals surface area contributed by atoms with Gasteiger partial charge in [-0.25, -0.2) is 0 Å². The van der Waals surface area contributed by atoms with E-state index in [2.05, 4.69) is 22.6 Å². The Hall–Kier alpha value is -1.14. The lowest BCUT2D eigenvalue weighted by Gasteiger charge is -2.31. The monoisotopic (exact) mass is 339 g/mol. The van der Waals surface area contributed by atoms with Crippen molar-refractivity contribution in [2.75, 3.05) is 33.3 Å². The van der Waals surface area contributed by atoms with Crippen LogP contribution >= 0.6 is 11.6 Å². The number of benzene rings is 1. The molecule has 1 saturated heterocycles. The maximum atomic E-state index is 12.3. The van der Waals surface area contributed by atoms with E-state index in [9.17, 15) is 4.79 Å². The third kappa shape index (κ3) is 5.77. The van der Waals surface area contributed by atoms with Gasteiger partial charge in [-0.2, -0.15) is 0 Å². The molecule has 0 aliphatic carbocycles. The molecule has 23 heavy (non-hydrogen) atoms. The fraction of sp³-hybridized carbons (Fsp3) is 0.588. The number of nitrogens with zero attached hydrogens (tertiary/aromatic N) is 1. The summed E-state index contributed by atoms with van der Waals surface area (Å²) in [5, 5.41) is 6.96. The second-order valence-electron chi connectivity index (χ2n) is 6.17. The van der Waals surface area contributed by atoms with Crippen molar-refractivity contribution >= 4 is 17.5 Å². The Labute approximate surface area is 143 Å². The standard InChI is InChI=1S/C17H26ClN3O2/c1-12(14-4-6-15(18)7-5-14)20-17(22)13(2)19-10-16-11-21(3)8-9-23-16/h4-7,12-13,16,19H,8-11H2,1-3H3,(H,20,22)/t12-,13-,16+/m0/s1. The fourth-order valence-corrected chi connectivity index (χ4v) is 2.69. The number of carbonyl (C=O) groups is 1. The van der Waals surface area contributed by atoms with Crippen LogP contribution in [0.25, 0.3) is 0 Å². The molecule has 2 N–H and O–H groups in total. The number of morpholine rings is 1. The van der Waals surface area contributed by atoms with Crippen LogP contribution in [0.1, 0.15) is 25.5 Å². The molecule has 2 rings (SSSR count). The summed E-state index contributed by atoms with van der Waals surface area (Å²) in [6.45, 7) is 7.11. The van der Waals surface area contributed by atoms with Gasteiger partial charge in [0.1, 0.15) is 0 Å². The predicted molar refractivity (Wildman–Crippen MR) is 92.7 cm³/mol. The van der Waals surface area contributed by atoms with Gasteiger partial charge in [0.15, 0.2) is 0 Å². The van der Waals surface area contributed by atoms with Crippen molar-refractivity contribution in [1.29, 1.82) is 0 Å². The van der Waals surface area contributed by atoms with Gasteiger partial charge >= 0.3 is 0 Å². The van der Waals surface area contributed by atoms with Crippen molar-refractivity contribution in [3.05, 3.63) is 34.9 Å². The highest BCUT2D eigenvalue weighted by Gasteiger charge is 2.21. The highest BCUT2D eigenvalue weighted by Crippen LogP contribution is 2.16. The van der Waals surface area contributed by atoms with Crippen LogP contribution in [0.5, 0.6) is 0 Å². The minimum absolute atomic E-state index is 0.0170. The second-order valence-corrected chi connectivity index (χ2v) is 6.60. The minimum Gasteiger partial charge on any atom is -0.374 e. The molecule has 0 unspecified atom stereocenters. The van der Waals surface area contributed by atoms with Crippen LogP contribution in [0, 0.1) is 0 Å². The maximum absolute atomic E-state index is 12.3. The van der Waals surface area contributed by atoms with Crippen LogP contribution in [0.4, 0.5) is 0 Å². The summed E-state index contributed by atoms with van der Waals surface area (Å²) in [5.41, 5.74) is 1.03. The lowest BCUT2D eigenvalue weighted by molar-refractivity contribution is -0.123. The van der Waals surface area contributed by atoms with E-state index in [0.29, 0.717) is 11.6 Å². The van der Waals surface area contributed by atoms with E-state index in [0.717, 1.165) is 25.3 Å². The molecule has 128 valence electrons. The number of amides is 1. The van der Waals surface area contributed by atoms with E-state index in [1.807, 2.05) is 38.1 Å². The summed E-state index contributed by atoms with van der Waals surface area (Å²) in [7, 11) is 2.08. The van der Waals surface area contributed by atoms with Crippen molar-refractivity contribution in [2.24, 2.45) is 0 Å². The molecule has 1 aromatic rings. The molecule has 1 aliphatic rings. The van der Waals surface area contributed by atoms with Gasteiger partial charge in [0, 0.05) is 24.7 Å². The number of likely N-dealkylation sites (N-methyl/N-ethyl adjacent to an activating group) is 1. The Morgan fingerprint density at radius 2 is 2.09 bits per heavy atom. The maximum Gasteiger partial charge on any atom is 0.237 e. The zero-order chi connectivity index (χ0) is 16.8. The molecule has 0 radical (unpaired) electrons. The van der Waals surface area contributed by atoms with Gasteiger partial charge in [0.05, 0.1) is 24.8 Å². The second kappa shape index (κ2) is 8.64. The van der Waals surface area contributed by atoms with Gasteiger partial charge in [0.25, 0.3) is 0 Å². The predicted octanol–water partition coefficient (Wildman–Crippen LogP) is 1.83. The molecule has 0 aromatic heterocycles. The number of rotatable bonds is 6. The number of nitrogens with one attached hydrogen (secondary N) is 2. The lowest BCUT2D eigenvalue weighted by Crippen LogP contribution is -2.49. The minimum atomic E-state index is -0.263. The van der Waals surface area contributed by atoms with Gasteiger partial charge in [0.2, 0.25) is 5.91 Å². The highest BCUT2D eigenvalue weighted by atomic mass is 35.5. The number of hydrogen-bond donors (Lipinski definition) is 2. The van der Waals surface area contributed by atoms with Gasteiger partial charge in [-0.15, -0.1) is 0 Å². The quantitative estimate of drug-likeness (QED) is 0.830. The first-order chi connectivity index (χ1) is 11.0. The van der Waals surface area contributed by atoms with E-state index in [4.69, 9.17) is 16.3 Å². The van der Waals surface area contributed by atoms with Gasteiger partial charge in [-0.05, 0) is 38.6 Å². The molecule has 6 heteroatoms. The van der Waals surface area contributed by atoms with E-state index >= 15 is 0 Å². The molecule has 1 aromatic carbocycles. The summed E-state index contributed by atoms with van der Waals surface area (Å²) in [5.74, 6) is -0.0170. The summed E-state index contributed by atoms with van der Waals surface area (Å²) < 4.78 is 5.69. The van der Waals surface area contributed by atoms with E-state index in [1.165, 1.54) is 0 Å². The summed E-state index contributed by atoms with van der Waals surface area (Å²) in [4.78, 5) is 14.5. The third-order valence-corrected chi connectivity index (χ3v) is 4.37. The molecule has 0 saturated carbocycles. The highest BCUT2D eigenvalue weighted by molar-refractivity contribution is 6.30. The molecular formula is C17H26ClN3O2. The third-order valence-electron chi connectivity index (χ3n) is 4.12. The summed E-state index contributed by atoms with van der Waals surface area (Å²) in [6.07, 6.45) is 0.137. The lowest BCUT2D eigenvalue weighted by atomic mass is 10.1. The van der Waals surface area contributed by atoms with Crippen LogP contribution in [-0.2, 0) is 9.53 Å². The van der Waals surface area contributed by atoms with Crippen LogP contribution in [0.3, 0.4) is 0 Å². The molecule has 5 nitrogen and oxygen atoms in total. The summed E-state index contributed by atoms with van der Waals surface area (Å²) >= 11 is 5.89. The van der Waals surface area contributed by atoms with E-state index < -0.39 is 0 Å². The Morgan fingerprint density at radius 1 is 1.39 bits per heavy atom. The Bertz CT molecular complexity index is 509. The smallest absolute Gasteiger partial charge is 0.237 e. The van der Waals surface area contributed by atoms with Gasteiger partial charge in [-0.3, -0.25) is 4.79 Å². The fourth-order valence-electron chi connectivity index (χ4n) is 2.56. The number of halogens is 1. The van der Waals surface area contributed by atoms with Gasteiger partial charge < -0.3 is 20.3 Å². The van der Waals surface area contributed by atoms with Crippen molar-refractivity contribution in [3.63, 3.8) is 0 Å². The zero-order valence-corrected chi connectivity index (χ0v) is 14.8. The molecule has 1 amide bonds. The van der Waals surface area contributed by atoms with Crippen molar-refractivity contribution in [2.45, 2.75) is 32.0 Å². The molecule has 3 atom stereocenters. The molecule has 1 fully saturated rings. The first-order valence-corrected chi connectivity index (χ1v) is 8.43. The molecule has 1 aliphatic heterocycles. The number of hydrogen-bond acceptors (Lipinski definition) is 4. The van der Waals surface area contributed by atoms with Crippen LogP contribution < -0.4 is 10.6 Å². The number of ether oxygens (including phenoxy) is 1. The first-order valence-electron chi connectivity index (χ1n) is 8.05. The SMILES string of the molecule is C[C@H](NC[C@@H]1CN(C)CCO1)C(=O)N[C@@H](C)c1ccc(Cl)cc1. The van der Waals surface area contributed by atoms with Crippen molar-refractivity contribution < 1.29 is 9.53 Å². The van der Waals surface area contributed by atoms with Crippen molar-refractivity contribution in [1.82, 2.24) is 15.5 Å². The largest absolute Gasteiger partial charge is 0.374 e. The first kappa shape index (κ1) is 18.2. The van der Waals surface area contributed by atoms with Crippen LogP contribution in [-0.4, -0.2) is 56.2 Å². The topological polar surface area (TPSA) is 53.6 Å². The Morgan fingerprint density at radius 3 is 2.74 bits per heavy atom. The zero-order valence-electron chi connectivity index (χ0n) is 14.0. The normalized spacial score (nSPS) is 21.7. The molecule has 0 bridgehead atoms.